The minimum absolute atomic E-state index is 0.308. The van der Waals surface area contributed by atoms with Gasteiger partial charge in [0.15, 0.2) is 0 Å². The summed E-state index contributed by atoms with van der Waals surface area (Å²) >= 11 is 0. The highest BCUT2D eigenvalue weighted by Crippen LogP contribution is 1.81. The van der Waals surface area contributed by atoms with E-state index in [4.69, 9.17) is 0 Å². The number of hydrazine groups is 1. The molecular formula is C4H8N4O3. The van der Waals surface area contributed by atoms with Crippen LogP contribution < -0.4 is 16.9 Å². The maximum Gasteiger partial charge on any atom is 0.340 e. The van der Waals surface area contributed by atoms with E-state index in [0.29, 0.717) is 5.01 Å². The number of hydrogen-bond donors (Lipinski definition) is 3. The van der Waals surface area contributed by atoms with Gasteiger partial charge in [-0.1, -0.05) is 0 Å². The number of nitrogens with zero attached hydrogens (tertiary/aromatic N) is 1. The number of urea groups is 2. The third-order valence-electron chi connectivity index (χ3n) is 0.757. The van der Waals surface area contributed by atoms with Crippen LogP contribution in [-0.2, 0) is 4.79 Å². The first-order valence-electron chi connectivity index (χ1n) is 2.61. The molecule has 0 aliphatic heterocycles. The fraction of sp³-hybridized carbons (Fsp3) is 0.250. The summed E-state index contributed by atoms with van der Waals surface area (Å²) in [6.07, 6.45) is 0. The molecule has 5 amide bonds. The number of nitrogens with one attached hydrogen (secondary N) is 1. The Morgan fingerprint density at radius 2 is 1.73 bits per heavy atom. The quantitative estimate of drug-likeness (QED) is 0.374. The topological polar surface area (TPSA) is 119 Å². The molecule has 0 saturated carbocycles. The first-order valence-corrected chi connectivity index (χ1v) is 2.61. The first-order chi connectivity index (χ1) is 4.95. The second-order valence-corrected chi connectivity index (χ2v) is 1.67. The fourth-order valence-electron chi connectivity index (χ4n) is 0.399. The van der Waals surface area contributed by atoms with Crippen LogP contribution in [0, 0.1) is 0 Å². The van der Waals surface area contributed by atoms with Crippen molar-refractivity contribution < 1.29 is 14.4 Å². The number of hydrogen-bond acceptors (Lipinski definition) is 3. The minimum atomic E-state index is -1.09. The van der Waals surface area contributed by atoms with Gasteiger partial charge in [-0.3, -0.25) is 4.79 Å². The second-order valence-electron chi connectivity index (χ2n) is 1.67. The number of primary amides is 2. The zero-order valence-corrected chi connectivity index (χ0v) is 5.83. The van der Waals surface area contributed by atoms with Gasteiger partial charge in [0.05, 0.1) is 0 Å². The number of carbonyl (C=O) groups is 3. The van der Waals surface area contributed by atoms with Crippen LogP contribution in [-0.4, -0.2) is 23.0 Å². The lowest BCUT2D eigenvalue weighted by Gasteiger charge is -2.14. The average molecular weight is 160 g/mol. The Labute approximate surface area is 62.3 Å². The van der Waals surface area contributed by atoms with Crippen molar-refractivity contribution in [3.8, 4) is 0 Å². The standard InChI is InChI=1S/C4H8N4O3/c1-2(9)8(4(6)11)7-3(5)10/h1H3,(H2,6,11)(H3,5,7,10). The van der Waals surface area contributed by atoms with Crippen molar-refractivity contribution in [1.29, 1.82) is 0 Å². The summed E-state index contributed by atoms with van der Waals surface area (Å²) in [6.45, 7) is 1.06. The molecule has 0 aliphatic carbocycles. The largest absolute Gasteiger partial charge is 0.350 e. The predicted octanol–water partition coefficient (Wildman–Crippen LogP) is -1.50. The minimum Gasteiger partial charge on any atom is -0.350 e. The number of carbonyl (C=O) groups excluding carboxylic acids is 3. The zero-order chi connectivity index (χ0) is 9.02. The van der Waals surface area contributed by atoms with Crippen LogP contribution in [0.3, 0.4) is 0 Å². The molecule has 0 aromatic carbocycles. The third kappa shape index (κ3) is 3.04. The molecule has 0 aromatic heterocycles. The van der Waals surface area contributed by atoms with Gasteiger partial charge in [-0.15, -0.1) is 0 Å². The van der Waals surface area contributed by atoms with Crippen LogP contribution in [0.25, 0.3) is 0 Å². The summed E-state index contributed by atoms with van der Waals surface area (Å²) in [5.41, 5.74) is 11.0. The third-order valence-corrected chi connectivity index (χ3v) is 0.757. The molecule has 0 radical (unpaired) electrons. The monoisotopic (exact) mass is 160 g/mol. The maximum atomic E-state index is 10.5. The highest BCUT2D eigenvalue weighted by atomic mass is 16.2. The van der Waals surface area contributed by atoms with Crippen molar-refractivity contribution in [3.63, 3.8) is 0 Å². The first kappa shape index (κ1) is 9.21. The van der Waals surface area contributed by atoms with Crippen molar-refractivity contribution in [1.82, 2.24) is 10.4 Å². The summed E-state index contributed by atoms with van der Waals surface area (Å²) < 4.78 is 0. The Balaban J connectivity index is 4.23. The zero-order valence-electron chi connectivity index (χ0n) is 5.83. The van der Waals surface area contributed by atoms with Crippen LogP contribution in [0.1, 0.15) is 6.92 Å². The van der Waals surface area contributed by atoms with Gasteiger partial charge in [-0.25, -0.2) is 15.0 Å². The summed E-state index contributed by atoms with van der Waals surface area (Å²) in [7, 11) is 0. The van der Waals surface area contributed by atoms with Crippen LogP contribution in [0.4, 0.5) is 9.59 Å². The van der Waals surface area contributed by atoms with E-state index in [1.807, 2.05) is 0 Å². The van der Waals surface area contributed by atoms with Crippen molar-refractivity contribution in [2.24, 2.45) is 11.5 Å². The van der Waals surface area contributed by atoms with Crippen LogP contribution in [0.2, 0.25) is 0 Å². The van der Waals surface area contributed by atoms with Gasteiger partial charge in [0.2, 0.25) is 5.91 Å². The Morgan fingerprint density at radius 1 is 1.27 bits per heavy atom. The molecule has 0 saturated heterocycles. The van der Waals surface area contributed by atoms with E-state index in [9.17, 15) is 14.4 Å². The molecule has 0 fully saturated rings. The molecule has 0 rings (SSSR count). The summed E-state index contributed by atoms with van der Waals surface area (Å²) in [5, 5.41) is 0.308. The van der Waals surface area contributed by atoms with E-state index in [0.717, 1.165) is 6.92 Å². The highest BCUT2D eigenvalue weighted by molar-refractivity contribution is 5.94. The predicted molar refractivity (Wildman–Crippen MR) is 34.8 cm³/mol. The molecule has 7 heteroatoms. The van der Waals surface area contributed by atoms with Gasteiger partial charge in [-0.2, -0.15) is 5.01 Å². The fourth-order valence-corrected chi connectivity index (χ4v) is 0.399. The van der Waals surface area contributed by atoms with E-state index in [1.165, 1.54) is 0 Å². The van der Waals surface area contributed by atoms with E-state index < -0.39 is 18.0 Å². The van der Waals surface area contributed by atoms with Crippen LogP contribution in [0.15, 0.2) is 0 Å². The number of amides is 5. The Bertz CT molecular complexity index is 188. The van der Waals surface area contributed by atoms with Gasteiger partial charge in [0, 0.05) is 6.92 Å². The van der Waals surface area contributed by atoms with E-state index >= 15 is 0 Å². The van der Waals surface area contributed by atoms with Crippen molar-refractivity contribution >= 4 is 18.0 Å². The molecule has 7 nitrogen and oxygen atoms in total. The molecule has 0 aromatic rings. The molecule has 0 spiro atoms. The summed E-state index contributed by atoms with van der Waals surface area (Å²) in [5.74, 6) is -0.712. The van der Waals surface area contributed by atoms with Gasteiger partial charge in [0.25, 0.3) is 0 Å². The lowest BCUT2D eigenvalue weighted by Crippen LogP contribution is -2.52. The molecule has 0 heterocycles. The van der Waals surface area contributed by atoms with Gasteiger partial charge < -0.3 is 11.5 Å². The Hall–Kier alpha value is -1.79. The van der Waals surface area contributed by atoms with Crippen LogP contribution >= 0.6 is 0 Å². The number of nitrogens with two attached hydrogens (primary N) is 2. The molecule has 5 N–H and O–H groups in total. The average Bonchev–Trinajstić information content (AvgIpc) is 1.81. The molecular weight excluding hydrogens is 152 g/mol. The van der Waals surface area contributed by atoms with Gasteiger partial charge in [0.1, 0.15) is 0 Å². The maximum absolute atomic E-state index is 10.5. The van der Waals surface area contributed by atoms with E-state index in [2.05, 4.69) is 11.5 Å². The van der Waals surface area contributed by atoms with Crippen molar-refractivity contribution in [3.05, 3.63) is 0 Å². The Morgan fingerprint density at radius 3 is 1.82 bits per heavy atom. The molecule has 11 heavy (non-hydrogen) atoms. The smallest absolute Gasteiger partial charge is 0.340 e. The highest BCUT2D eigenvalue weighted by Gasteiger charge is 2.15. The van der Waals surface area contributed by atoms with Gasteiger partial charge in [-0.05, 0) is 0 Å². The van der Waals surface area contributed by atoms with Crippen molar-refractivity contribution in [2.45, 2.75) is 6.92 Å². The van der Waals surface area contributed by atoms with E-state index in [-0.39, 0.29) is 0 Å². The molecule has 0 aliphatic rings. The molecule has 0 unspecified atom stereocenters. The normalized spacial score (nSPS) is 8.45. The number of imide groups is 1. The molecule has 0 atom stereocenters. The van der Waals surface area contributed by atoms with E-state index in [1.54, 1.807) is 5.43 Å². The molecule has 62 valence electrons. The van der Waals surface area contributed by atoms with Crippen LogP contribution in [0.5, 0.6) is 0 Å². The number of rotatable bonds is 0. The lowest BCUT2D eigenvalue weighted by molar-refractivity contribution is -0.127. The van der Waals surface area contributed by atoms with Gasteiger partial charge >= 0.3 is 12.1 Å². The summed E-state index contributed by atoms with van der Waals surface area (Å²) in [4.78, 5) is 30.9. The second kappa shape index (κ2) is 3.40. The summed E-state index contributed by atoms with van der Waals surface area (Å²) in [6, 6.07) is -2.12. The Kier molecular flexibility index (Phi) is 2.84. The SMILES string of the molecule is CC(=O)N(NC(N)=O)C(N)=O. The lowest BCUT2D eigenvalue weighted by atomic mass is 10.7. The molecule has 0 bridgehead atoms. The van der Waals surface area contributed by atoms with Crippen molar-refractivity contribution in [2.75, 3.05) is 0 Å².